The van der Waals surface area contributed by atoms with Gasteiger partial charge in [-0.1, -0.05) is 35.3 Å². The maximum absolute atomic E-state index is 13.8. The van der Waals surface area contributed by atoms with E-state index in [1.165, 1.54) is 76.6 Å². The molecule has 0 saturated carbocycles. The lowest BCUT2D eigenvalue weighted by molar-refractivity contribution is 0.0683. The molecule has 0 aliphatic carbocycles. The molecule has 19 heteroatoms. The van der Waals surface area contributed by atoms with Crippen molar-refractivity contribution in [3.8, 4) is 0 Å². The van der Waals surface area contributed by atoms with Crippen LogP contribution in [0.1, 0.15) is 32.6 Å². The first kappa shape index (κ1) is 35.9. The Bertz CT molecular complexity index is 2020. The van der Waals surface area contributed by atoms with E-state index in [9.17, 15) is 27.2 Å². The van der Waals surface area contributed by atoms with Crippen molar-refractivity contribution in [3.63, 3.8) is 0 Å². The number of nitrogen functional groups attached to an aromatic ring is 1. The molecule has 0 aliphatic rings. The highest BCUT2D eigenvalue weighted by molar-refractivity contribution is 6.31. The Hall–Kier alpha value is -5.94. The molecule has 13 nitrogen and oxygen atoms in total. The number of nitrogens with two attached hydrogens (primary N) is 1. The summed E-state index contributed by atoms with van der Waals surface area (Å²) in [6, 6.07) is 14.3. The van der Waals surface area contributed by atoms with Gasteiger partial charge < -0.3 is 16.2 Å². The molecule has 0 saturated heterocycles. The van der Waals surface area contributed by atoms with Crippen LogP contribution in [0.3, 0.4) is 0 Å². The molecule has 6 aromatic rings. The lowest BCUT2D eigenvalue weighted by Crippen LogP contribution is -2.15. The minimum absolute atomic E-state index is 0.0648. The van der Waals surface area contributed by atoms with E-state index in [1.54, 1.807) is 6.07 Å². The third kappa shape index (κ3) is 10.5. The molecule has 252 valence electrons. The Morgan fingerprint density at radius 3 is 1.69 bits per heavy atom. The van der Waals surface area contributed by atoms with Crippen molar-refractivity contribution in [1.29, 1.82) is 0 Å². The fourth-order valence-corrected chi connectivity index (χ4v) is 3.93. The van der Waals surface area contributed by atoms with Crippen LogP contribution in [0.5, 0.6) is 0 Å². The second-order valence-electron chi connectivity index (χ2n) is 9.47. The first-order valence-corrected chi connectivity index (χ1v) is 14.3. The number of halogens is 6. The van der Waals surface area contributed by atoms with Gasteiger partial charge >= 0.3 is 5.97 Å². The number of carbonyl (C=O) groups excluding carboxylic acids is 1. The average Bonchev–Trinajstić information content (AvgIpc) is 3.75. The minimum atomic E-state index is -1.19. The smallest absolute Gasteiger partial charge is 0.375 e. The van der Waals surface area contributed by atoms with Crippen LogP contribution in [0.25, 0.3) is 0 Å². The molecular weight excluding hydrogens is 695 g/mol. The number of carboxylic acids is 1. The zero-order valence-corrected chi connectivity index (χ0v) is 26.2. The lowest BCUT2D eigenvalue weighted by Gasteiger charge is -2.05. The summed E-state index contributed by atoms with van der Waals surface area (Å²) in [4.78, 5) is 37.7. The van der Waals surface area contributed by atoms with Gasteiger partial charge in [0.15, 0.2) is 11.6 Å². The van der Waals surface area contributed by atoms with Gasteiger partial charge in [-0.3, -0.25) is 14.8 Å². The summed E-state index contributed by atoms with van der Waals surface area (Å²) < 4.78 is 54.3. The summed E-state index contributed by atoms with van der Waals surface area (Å²) >= 11 is 11.0. The highest BCUT2D eigenvalue weighted by Gasteiger charge is 2.15. The molecule has 0 radical (unpaired) electrons. The Balaban J connectivity index is 0.000000185. The number of carboxylic acid groups (broad SMARTS) is 1. The second-order valence-corrected chi connectivity index (χ2v) is 10.3. The number of aromatic carboxylic acids is 1. The van der Waals surface area contributed by atoms with E-state index in [4.69, 9.17) is 34.0 Å². The Morgan fingerprint density at radius 2 is 1.22 bits per heavy atom. The van der Waals surface area contributed by atoms with Gasteiger partial charge in [0.25, 0.3) is 11.7 Å². The van der Waals surface area contributed by atoms with Crippen LogP contribution in [-0.2, 0) is 13.1 Å². The number of anilines is 2. The number of pyridine rings is 2. The van der Waals surface area contributed by atoms with Crippen molar-refractivity contribution in [2.45, 2.75) is 13.1 Å². The van der Waals surface area contributed by atoms with Crippen molar-refractivity contribution in [3.05, 3.63) is 142 Å². The first-order valence-electron chi connectivity index (χ1n) is 13.6. The van der Waals surface area contributed by atoms with E-state index >= 15 is 0 Å². The topological polar surface area (TPSA) is 180 Å². The quantitative estimate of drug-likeness (QED) is 0.141. The van der Waals surface area contributed by atoms with Crippen molar-refractivity contribution >= 4 is 46.5 Å². The second kappa shape index (κ2) is 16.8. The van der Waals surface area contributed by atoms with Gasteiger partial charge in [0.2, 0.25) is 5.82 Å². The van der Waals surface area contributed by atoms with E-state index in [0.29, 0.717) is 11.4 Å². The molecule has 0 spiro atoms. The third-order valence-corrected chi connectivity index (χ3v) is 6.46. The Morgan fingerprint density at radius 1 is 0.714 bits per heavy atom. The number of carbonyl (C=O) groups is 2. The summed E-state index contributed by atoms with van der Waals surface area (Å²) in [6.45, 7) is 0.465. The molecule has 4 heterocycles. The number of benzene rings is 2. The molecule has 2 aromatic carbocycles. The molecule has 0 fully saturated rings. The number of hydrogen-bond acceptors (Lipinski definition) is 9. The molecule has 49 heavy (non-hydrogen) atoms. The van der Waals surface area contributed by atoms with E-state index in [0.717, 1.165) is 12.4 Å². The largest absolute Gasteiger partial charge is 0.475 e. The van der Waals surface area contributed by atoms with Gasteiger partial charge in [0.1, 0.15) is 24.3 Å². The number of nitrogens with one attached hydrogen (secondary N) is 1. The molecule has 0 unspecified atom stereocenters. The van der Waals surface area contributed by atoms with E-state index in [1.807, 2.05) is 0 Å². The molecular formula is C30H22Cl2F4N10O3. The fourth-order valence-electron chi connectivity index (χ4n) is 3.57. The molecule has 0 bridgehead atoms. The van der Waals surface area contributed by atoms with E-state index in [2.05, 4.69) is 35.5 Å². The van der Waals surface area contributed by atoms with Crippen LogP contribution in [0.15, 0.2) is 85.7 Å². The lowest BCUT2D eigenvalue weighted by atomic mass is 10.3. The van der Waals surface area contributed by atoms with Crippen LogP contribution >= 0.6 is 23.2 Å². The third-order valence-electron chi connectivity index (χ3n) is 5.87. The summed E-state index contributed by atoms with van der Waals surface area (Å²) in [5.74, 6) is -4.43. The maximum Gasteiger partial charge on any atom is 0.375 e. The van der Waals surface area contributed by atoms with Gasteiger partial charge in [-0.15, -0.1) is 10.2 Å². The van der Waals surface area contributed by atoms with Gasteiger partial charge in [0, 0.05) is 0 Å². The van der Waals surface area contributed by atoms with E-state index in [-0.39, 0.29) is 46.2 Å². The number of hydrogen-bond donors (Lipinski definition) is 3. The van der Waals surface area contributed by atoms with Crippen LogP contribution in [0, 0.1) is 23.3 Å². The highest BCUT2D eigenvalue weighted by Crippen LogP contribution is 2.22. The van der Waals surface area contributed by atoms with Crippen LogP contribution < -0.4 is 11.1 Å². The fraction of sp³-hybridized carbons (Fsp3) is 0.0667. The van der Waals surface area contributed by atoms with E-state index < -0.39 is 35.1 Å². The first-order chi connectivity index (χ1) is 23.4. The van der Waals surface area contributed by atoms with Gasteiger partial charge in [-0.2, -0.15) is 0 Å². The summed E-state index contributed by atoms with van der Waals surface area (Å²) in [7, 11) is 0. The van der Waals surface area contributed by atoms with Crippen molar-refractivity contribution in [2.75, 3.05) is 11.1 Å². The highest BCUT2D eigenvalue weighted by atomic mass is 35.5. The summed E-state index contributed by atoms with van der Waals surface area (Å²) in [6.07, 6.45) is 4.79. The number of aromatic nitrogens is 8. The van der Waals surface area contributed by atoms with Crippen molar-refractivity contribution in [1.82, 2.24) is 39.5 Å². The van der Waals surface area contributed by atoms with Crippen molar-refractivity contribution < 1.29 is 32.3 Å². The summed E-state index contributed by atoms with van der Waals surface area (Å²) in [5, 5.41) is 18.6. The van der Waals surface area contributed by atoms with Gasteiger partial charge in [-0.25, -0.2) is 41.7 Å². The maximum atomic E-state index is 13.8. The standard InChI is InChI=1S/C15H10ClF2N5O.C9H7FN4O2.C6H5ClFN/c16-11-2-1-3-12(13(11)18)21-15(24)14-20-8-23(22-14)7-10-5-4-9(17)6-19-10;10-6-1-2-7(11-3-6)4-14-5-12-8(13-14)9(15)16;7-4-2-1-3-5(9)6(4)8/h1-6,8H,7H2,(H,21,24);1-3,5H,4H2,(H,15,16);1-3H,9H2. The molecule has 6 rings (SSSR count). The minimum Gasteiger partial charge on any atom is -0.475 e. The number of rotatable bonds is 7. The van der Waals surface area contributed by atoms with Crippen LogP contribution in [0.4, 0.5) is 28.9 Å². The number of nitrogens with zero attached hydrogens (tertiary/aromatic N) is 8. The average molecular weight is 717 g/mol. The molecule has 0 aliphatic heterocycles. The monoisotopic (exact) mass is 716 g/mol. The predicted octanol–water partition coefficient (Wildman–Crippen LogP) is 5.53. The Labute approximate surface area is 284 Å². The molecule has 4 N–H and O–H groups in total. The normalized spacial score (nSPS) is 10.3. The van der Waals surface area contributed by atoms with Crippen LogP contribution in [-0.4, -0.2) is 56.5 Å². The zero-order chi connectivity index (χ0) is 35.5. The van der Waals surface area contributed by atoms with Crippen molar-refractivity contribution in [2.24, 2.45) is 0 Å². The zero-order valence-electron chi connectivity index (χ0n) is 24.7. The predicted molar refractivity (Wildman–Crippen MR) is 169 cm³/mol. The molecule has 1 amide bonds. The summed E-state index contributed by atoms with van der Waals surface area (Å²) in [5.41, 5.74) is 6.30. The van der Waals surface area contributed by atoms with Gasteiger partial charge in [0.05, 0.1) is 58.3 Å². The molecule has 4 aromatic heterocycles. The number of amides is 1. The van der Waals surface area contributed by atoms with Crippen LogP contribution in [0.2, 0.25) is 10.0 Å². The van der Waals surface area contributed by atoms with Gasteiger partial charge in [-0.05, 0) is 48.5 Å². The Kier molecular flexibility index (Phi) is 12.3. The SMILES string of the molecule is Nc1cccc(Cl)c1F.O=C(Nc1cccc(Cl)c1F)c1ncn(Cc2ccc(F)cn2)n1.O=C(O)c1ncn(Cc2ccc(F)cn2)n1. The molecule has 0 atom stereocenters.